The highest BCUT2D eigenvalue weighted by molar-refractivity contribution is 5.91. The van der Waals surface area contributed by atoms with Gasteiger partial charge in [-0.05, 0) is 48.2 Å². The van der Waals surface area contributed by atoms with Crippen molar-refractivity contribution in [2.24, 2.45) is 0 Å². The van der Waals surface area contributed by atoms with Gasteiger partial charge in [0.05, 0.1) is 6.26 Å². The molecule has 1 amide bonds. The van der Waals surface area contributed by atoms with Crippen molar-refractivity contribution in [2.45, 2.75) is 13.5 Å². The van der Waals surface area contributed by atoms with Crippen molar-refractivity contribution in [3.05, 3.63) is 59.7 Å². The highest BCUT2D eigenvalue weighted by Crippen LogP contribution is 2.16. The molecule has 0 radical (unpaired) electrons. The van der Waals surface area contributed by atoms with E-state index in [1.807, 2.05) is 19.1 Å². The van der Waals surface area contributed by atoms with E-state index in [4.69, 9.17) is 4.42 Å². The zero-order chi connectivity index (χ0) is 13.2. The topological polar surface area (TPSA) is 58.0 Å². The van der Waals surface area contributed by atoms with E-state index in [1.54, 1.807) is 12.1 Å². The molecule has 1 aromatic carbocycles. The molecule has 0 aliphatic heterocycles. The van der Waals surface area contributed by atoms with Crippen LogP contribution in [0.15, 0.2) is 47.1 Å². The van der Waals surface area contributed by atoms with Gasteiger partial charge in [0.25, 0.3) is 5.91 Å². The van der Waals surface area contributed by atoms with Crippen molar-refractivity contribution in [2.75, 3.05) is 0 Å². The van der Waals surface area contributed by atoms with Crippen molar-refractivity contribution < 1.29 is 9.21 Å². The van der Waals surface area contributed by atoms with Crippen molar-refractivity contribution in [1.82, 2.24) is 10.3 Å². The van der Waals surface area contributed by atoms with Crippen LogP contribution in [0, 0.1) is 6.92 Å². The van der Waals surface area contributed by atoms with E-state index in [0.29, 0.717) is 12.3 Å². The predicted molar refractivity (Wildman–Crippen MR) is 72.9 cm³/mol. The molecule has 96 valence electrons. The Labute approximate surface area is 110 Å². The summed E-state index contributed by atoms with van der Waals surface area (Å²) in [7, 11) is 0. The van der Waals surface area contributed by atoms with E-state index in [0.717, 1.165) is 22.2 Å². The lowest BCUT2D eigenvalue weighted by Crippen LogP contribution is -2.22. The average molecular weight is 254 g/mol. The molecule has 0 aliphatic carbocycles. The maximum Gasteiger partial charge on any atom is 0.287 e. The van der Waals surface area contributed by atoms with Gasteiger partial charge >= 0.3 is 0 Å². The molecule has 4 heteroatoms. The fourth-order valence-electron chi connectivity index (χ4n) is 2.11. The van der Waals surface area contributed by atoms with Crippen LogP contribution < -0.4 is 5.32 Å². The number of aromatic nitrogens is 1. The summed E-state index contributed by atoms with van der Waals surface area (Å²) in [5, 5.41) is 3.98. The second-order valence-corrected chi connectivity index (χ2v) is 4.53. The molecule has 3 aromatic rings. The van der Waals surface area contributed by atoms with E-state index in [2.05, 4.69) is 22.4 Å². The molecule has 0 fully saturated rings. The minimum atomic E-state index is -0.199. The van der Waals surface area contributed by atoms with Crippen molar-refractivity contribution in [3.63, 3.8) is 0 Å². The number of carbonyl (C=O) groups excluding carboxylic acids is 1. The van der Waals surface area contributed by atoms with E-state index in [1.165, 1.54) is 6.26 Å². The van der Waals surface area contributed by atoms with Crippen LogP contribution in [0.4, 0.5) is 0 Å². The lowest BCUT2D eigenvalue weighted by atomic mass is 10.1. The van der Waals surface area contributed by atoms with E-state index >= 15 is 0 Å². The zero-order valence-corrected chi connectivity index (χ0v) is 10.6. The quantitative estimate of drug-likeness (QED) is 0.754. The third-order valence-electron chi connectivity index (χ3n) is 3.02. The van der Waals surface area contributed by atoms with Crippen molar-refractivity contribution in [1.29, 1.82) is 0 Å². The highest BCUT2D eigenvalue weighted by Gasteiger charge is 2.07. The molecule has 0 atom stereocenters. The normalized spacial score (nSPS) is 10.8. The maximum absolute atomic E-state index is 11.7. The maximum atomic E-state index is 11.7. The number of aromatic amines is 1. The predicted octanol–water partition coefficient (Wildman–Crippen LogP) is 3.00. The van der Waals surface area contributed by atoms with E-state index in [-0.39, 0.29) is 5.91 Å². The van der Waals surface area contributed by atoms with Crippen LogP contribution in [0.2, 0.25) is 0 Å². The average Bonchev–Trinajstić information content (AvgIpc) is 3.03. The first-order valence-electron chi connectivity index (χ1n) is 6.12. The Hall–Kier alpha value is -2.49. The summed E-state index contributed by atoms with van der Waals surface area (Å²) in [6, 6.07) is 11.5. The second kappa shape index (κ2) is 4.65. The molecule has 2 heterocycles. The molecule has 2 N–H and O–H groups in total. The number of H-pyrrole nitrogens is 1. The smallest absolute Gasteiger partial charge is 0.287 e. The summed E-state index contributed by atoms with van der Waals surface area (Å²) in [4.78, 5) is 15.0. The van der Waals surface area contributed by atoms with Gasteiger partial charge < -0.3 is 14.7 Å². The number of aryl methyl sites for hydroxylation is 1. The van der Waals surface area contributed by atoms with Gasteiger partial charge in [-0.2, -0.15) is 0 Å². The first-order chi connectivity index (χ1) is 9.22. The van der Waals surface area contributed by atoms with Crippen LogP contribution in [0.1, 0.15) is 21.8 Å². The standard InChI is InChI=1S/C15H14N2O2/c1-10-7-12-8-11(4-5-13(12)17-10)9-16-15(18)14-3-2-6-19-14/h2-8,17H,9H2,1H3,(H,16,18). The van der Waals surface area contributed by atoms with Gasteiger partial charge in [-0.1, -0.05) is 6.07 Å². The number of rotatable bonds is 3. The Kier molecular flexibility index (Phi) is 2.83. The molecule has 19 heavy (non-hydrogen) atoms. The molecule has 0 unspecified atom stereocenters. The Morgan fingerprint density at radius 3 is 3.00 bits per heavy atom. The minimum absolute atomic E-state index is 0.199. The number of fused-ring (bicyclic) bond motifs is 1. The van der Waals surface area contributed by atoms with E-state index in [9.17, 15) is 4.79 Å². The first-order valence-corrected chi connectivity index (χ1v) is 6.12. The van der Waals surface area contributed by atoms with Crippen LogP contribution in [-0.2, 0) is 6.54 Å². The van der Waals surface area contributed by atoms with Gasteiger partial charge in [-0.3, -0.25) is 4.79 Å². The largest absolute Gasteiger partial charge is 0.459 e. The van der Waals surface area contributed by atoms with E-state index < -0.39 is 0 Å². The Bertz CT molecular complexity index is 711. The summed E-state index contributed by atoms with van der Waals surface area (Å²) in [6.45, 7) is 2.51. The van der Waals surface area contributed by atoms with Crippen LogP contribution in [0.5, 0.6) is 0 Å². The monoisotopic (exact) mass is 254 g/mol. The van der Waals surface area contributed by atoms with Crippen molar-refractivity contribution in [3.8, 4) is 0 Å². The lowest BCUT2D eigenvalue weighted by molar-refractivity contribution is 0.0923. The molecule has 0 bridgehead atoms. The third kappa shape index (κ3) is 2.38. The van der Waals surface area contributed by atoms with Crippen LogP contribution in [0.3, 0.4) is 0 Å². The molecule has 3 rings (SSSR count). The number of hydrogen-bond donors (Lipinski definition) is 2. The summed E-state index contributed by atoms with van der Waals surface area (Å²) in [5.41, 5.74) is 3.30. The van der Waals surface area contributed by atoms with Gasteiger partial charge in [-0.15, -0.1) is 0 Å². The van der Waals surface area contributed by atoms with Gasteiger partial charge in [0.15, 0.2) is 5.76 Å². The second-order valence-electron chi connectivity index (χ2n) is 4.53. The summed E-state index contributed by atoms with van der Waals surface area (Å²) in [5.74, 6) is 0.133. The van der Waals surface area contributed by atoms with Gasteiger partial charge in [0.2, 0.25) is 0 Å². The molecule has 2 aromatic heterocycles. The highest BCUT2D eigenvalue weighted by atomic mass is 16.3. The van der Waals surface area contributed by atoms with Crippen LogP contribution in [-0.4, -0.2) is 10.9 Å². The molecule has 4 nitrogen and oxygen atoms in total. The molecular formula is C15H14N2O2. The summed E-state index contributed by atoms with van der Waals surface area (Å²) >= 11 is 0. The molecule has 0 spiro atoms. The molecule has 0 saturated heterocycles. The molecule has 0 aliphatic rings. The van der Waals surface area contributed by atoms with Crippen LogP contribution in [0.25, 0.3) is 10.9 Å². The van der Waals surface area contributed by atoms with Crippen LogP contribution >= 0.6 is 0 Å². The molecular weight excluding hydrogens is 240 g/mol. The fourth-order valence-corrected chi connectivity index (χ4v) is 2.11. The van der Waals surface area contributed by atoms with Crippen molar-refractivity contribution >= 4 is 16.8 Å². The number of nitrogens with one attached hydrogen (secondary N) is 2. The van der Waals surface area contributed by atoms with Gasteiger partial charge in [0, 0.05) is 17.8 Å². The minimum Gasteiger partial charge on any atom is -0.459 e. The number of furan rings is 1. The zero-order valence-electron chi connectivity index (χ0n) is 10.6. The van der Waals surface area contributed by atoms with Gasteiger partial charge in [-0.25, -0.2) is 0 Å². The fraction of sp³-hybridized carbons (Fsp3) is 0.133. The SMILES string of the molecule is Cc1cc2cc(CNC(=O)c3ccco3)ccc2[nH]1. The Morgan fingerprint density at radius 1 is 1.32 bits per heavy atom. The summed E-state index contributed by atoms with van der Waals surface area (Å²) in [6.07, 6.45) is 1.49. The lowest BCUT2D eigenvalue weighted by Gasteiger charge is -2.03. The number of carbonyl (C=O) groups is 1. The Balaban J connectivity index is 1.73. The molecule has 0 saturated carbocycles. The number of amides is 1. The third-order valence-corrected chi connectivity index (χ3v) is 3.02. The number of benzene rings is 1. The summed E-state index contributed by atoms with van der Waals surface area (Å²) < 4.78 is 5.04. The van der Waals surface area contributed by atoms with Gasteiger partial charge in [0.1, 0.15) is 0 Å². The Morgan fingerprint density at radius 2 is 2.21 bits per heavy atom. The first kappa shape index (κ1) is 11.6. The number of hydrogen-bond acceptors (Lipinski definition) is 2.